The molecule has 0 spiro atoms. The molecule has 0 heterocycles. The molecule has 0 aliphatic heterocycles. The number of methoxy groups -OCH3 is 1. The molecule has 0 saturated carbocycles. The van der Waals surface area contributed by atoms with Crippen LogP contribution in [-0.4, -0.2) is 37.7 Å². The first-order valence-electron chi connectivity index (χ1n) is 10.9. The van der Waals surface area contributed by atoms with Gasteiger partial charge in [-0.2, -0.15) is 5.10 Å². The molecule has 0 atom stereocenters. The van der Waals surface area contributed by atoms with Crippen molar-refractivity contribution in [1.29, 1.82) is 0 Å². The van der Waals surface area contributed by atoms with Gasteiger partial charge in [0.25, 0.3) is 5.91 Å². The highest BCUT2D eigenvalue weighted by molar-refractivity contribution is 6.39. The maximum atomic E-state index is 12.4. The topological polar surface area (TPSA) is 118 Å². The Labute approximate surface area is 203 Å². The number of hydrazone groups is 1. The molecule has 0 unspecified atom stereocenters. The number of benzene rings is 3. The van der Waals surface area contributed by atoms with Gasteiger partial charge >= 0.3 is 11.8 Å². The van der Waals surface area contributed by atoms with Crippen molar-refractivity contribution in [2.45, 2.75) is 13.3 Å². The minimum Gasteiger partial charge on any atom is -0.495 e. The van der Waals surface area contributed by atoms with Gasteiger partial charge in [0.15, 0.2) is 6.61 Å². The van der Waals surface area contributed by atoms with Gasteiger partial charge in [-0.15, -0.1) is 0 Å². The van der Waals surface area contributed by atoms with E-state index in [1.807, 2.05) is 31.2 Å². The first-order valence-corrected chi connectivity index (χ1v) is 10.9. The van der Waals surface area contributed by atoms with Crippen LogP contribution in [0.5, 0.6) is 11.5 Å². The number of aryl methyl sites for hydroxylation is 1. The van der Waals surface area contributed by atoms with Crippen molar-refractivity contribution in [1.82, 2.24) is 5.43 Å². The first kappa shape index (κ1) is 25.0. The average Bonchev–Trinajstić information content (AvgIpc) is 2.88. The van der Waals surface area contributed by atoms with Gasteiger partial charge in [-0.3, -0.25) is 14.4 Å². The molecule has 0 aliphatic carbocycles. The fraction of sp³-hybridized carbons (Fsp3) is 0.154. The van der Waals surface area contributed by atoms with Crippen LogP contribution in [0, 0.1) is 0 Å². The zero-order chi connectivity index (χ0) is 25.0. The molecule has 0 aromatic heterocycles. The Hall–Kier alpha value is -4.66. The molecule has 9 heteroatoms. The second-order valence-electron chi connectivity index (χ2n) is 7.24. The summed E-state index contributed by atoms with van der Waals surface area (Å²) in [5.41, 5.74) is 4.81. The predicted molar refractivity (Wildman–Crippen MR) is 134 cm³/mol. The summed E-state index contributed by atoms with van der Waals surface area (Å²) in [5.74, 6) is -1.35. The van der Waals surface area contributed by atoms with Crippen LogP contribution < -0.4 is 25.5 Å². The molecular formula is C26H26N4O5. The van der Waals surface area contributed by atoms with E-state index in [1.54, 1.807) is 48.5 Å². The van der Waals surface area contributed by atoms with E-state index in [1.165, 1.54) is 13.3 Å². The largest absolute Gasteiger partial charge is 0.495 e. The Morgan fingerprint density at radius 2 is 1.49 bits per heavy atom. The van der Waals surface area contributed by atoms with Crippen molar-refractivity contribution in [2.24, 2.45) is 5.10 Å². The van der Waals surface area contributed by atoms with Crippen molar-refractivity contribution in [2.75, 3.05) is 24.4 Å². The third-order valence-electron chi connectivity index (χ3n) is 4.88. The standard InChI is InChI=1S/C26H26N4O5/c1-3-18-10-4-6-12-20(18)28-24(31)17-35-22-14-8-5-11-19(22)16-27-30-26(33)25(32)29-21-13-7-9-15-23(21)34-2/h4-16H,3,17H2,1-2H3,(H,28,31)(H,29,32)(H,30,33)/b27-16-. The highest BCUT2D eigenvalue weighted by Crippen LogP contribution is 2.22. The van der Waals surface area contributed by atoms with Crippen LogP contribution in [0.2, 0.25) is 0 Å². The van der Waals surface area contributed by atoms with Crippen LogP contribution in [0.3, 0.4) is 0 Å². The number of ether oxygens (including phenoxy) is 2. The molecule has 3 amide bonds. The Morgan fingerprint density at radius 3 is 2.23 bits per heavy atom. The Balaban J connectivity index is 1.55. The van der Waals surface area contributed by atoms with E-state index in [4.69, 9.17) is 9.47 Å². The summed E-state index contributed by atoms with van der Waals surface area (Å²) in [6.07, 6.45) is 2.12. The Bertz CT molecular complexity index is 1230. The lowest BCUT2D eigenvalue weighted by molar-refractivity contribution is -0.136. The fourth-order valence-corrected chi connectivity index (χ4v) is 3.14. The van der Waals surface area contributed by atoms with Gasteiger partial charge < -0.3 is 20.1 Å². The summed E-state index contributed by atoms with van der Waals surface area (Å²) in [7, 11) is 1.46. The van der Waals surface area contributed by atoms with Crippen molar-refractivity contribution < 1.29 is 23.9 Å². The summed E-state index contributed by atoms with van der Waals surface area (Å²) in [5, 5.41) is 9.13. The molecule has 0 saturated heterocycles. The van der Waals surface area contributed by atoms with Crippen LogP contribution in [0.15, 0.2) is 77.9 Å². The first-order chi connectivity index (χ1) is 17.0. The van der Waals surface area contributed by atoms with E-state index in [2.05, 4.69) is 21.2 Å². The molecule has 0 radical (unpaired) electrons. The zero-order valence-corrected chi connectivity index (χ0v) is 19.4. The van der Waals surface area contributed by atoms with Crippen molar-refractivity contribution >= 4 is 35.3 Å². The number of carbonyl (C=O) groups excluding carboxylic acids is 3. The highest BCUT2D eigenvalue weighted by atomic mass is 16.5. The van der Waals surface area contributed by atoms with E-state index in [-0.39, 0.29) is 12.5 Å². The maximum absolute atomic E-state index is 12.4. The monoisotopic (exact) mass is 474 g/mol. The van der Waals surface area contributed by atoms with Gasteiger partial charge in [0, 0.05) is 11.3 Å². The third-order valence-corrected chi connectivity index (χ3v) is 4.88. The second kappa shape index (κ2) is 12.5. The number of carbonyl (C=O) groups is 3. The number of para-hydroxylation sites is 4. The molecule has 180 valence electrons. The van der Waals surface area contributed by atoms with E-state index in [0.717, 1.165) is 17.7 Å². The quantitative estimate of drug-likeness (QED) is 0.250. The van der Waals surface area contributed by atoms with Gasteiger partial charge in [0.1, 0.15) is 11.5 Å². The van der Waals surface area contributed by atoms with Gasteiger partial charge in [0.2, 0.25) is 0 Å². The van der Waals surface area contributed by atoms with Gasteiger partial charge in [-0.25, -0.2) is 5.43 Å². The summed E-state index contributed by atoms with van der Waals surface area (Å²) in [6.45, 7) is 1.80. The Kier molecular flexibility index (Phi) is 8.95. The third kappa shape index (κ3) is 7.16. The molecule has 3 N–H and O–H groups in total. The van der Waals surface area contributed by atoms with E-state index >= 15 is 0 Å². The van der Waals surface area contributed by atoms with Gasteiger partial charge in [-0.1, -0.05) is 49.4 Å². The lowest BCUT2D eigenvalue weighted by Gasteiger charge is -2.11. The maximum Gasteiger partial charge on any atom is 0.329 e. The fourth-order valence-electron chi connectivity index (χ4n) is 3.14. The highest BCUT2D eigenvalue weighted by Gasteiger charge is 2.15. The molecule has 9 nitrogen and oxygen atoms in total. The van der Waals surface area contributed by atoms with Crippen LogP contribution in [0.1, 0.15) is 18.1 Å². The van der Waals surface area contributed by atoms with Gasteiger partial charge in [0.05, 0.1) is 19.0 Å². The van der Waals surface area contributed by atoms with Crippen LogP contribution >= 0.6 is 0 Å². The van der Waals surface area contributed by atoms with Gasteiger partial charge in [-0.05, 0) is 42.3 Å². The number of anilines is 2. The molecule has 3 rings (SSSR count). The number of rotatable bonds is 9. The van der Waals surface area contributed by atoms with Crippen LogP contribution in [-0.2, 0) is 20.8 Å². The van der Waals surface area contributed by atoms with Crippen LogP contribution in [0.25, 0.3) is 0 Å². The summed E-state index contributed by atoms with van der Waals surface area (Å²) < 4.78 is 10.8. The van der Waals surface area contributed by atoms with E-state index < -0.39 is 11.8 Å². The normalized spacial score (nSPS) is 10.5. The summed E-state index contributed by atoms with van der Waals surface area (Å²) in [6, 6.07) is 21.1. The van der Waals surface area contributed by atoms with Crippen LogP contribution in [0.4, 0.5) is 11.4 Å². The predicted octanol–water partition coefficient (Wildman–Crippen LogP) is 3.36. The number of hydrogen-bond acceptors (Lipinski definition) is 6. The zero-order valence-electron chi connectivity index (χ0n) is 19.4. The number of nitrogens with zero attached hydrogens (tertiary/aromatic N) is 1. The molecule has 3 aromatic carbocycles. The minimum atomic E-state index is -0.959. The molecule has 35 heavy (non-hydrogen) atoms. The van der Waals surface area contributed by atoms with Crippen molar-refractivity contribution in [3.63, 3.8) is 0 Å². The number of hydrogen-bond donors (Lipinski definition) is 3. The summed E-state index contributed by atoms with van der Waals surface area (Å²) in [4.78, 5) is 36.6. The molecule has 0 aliphatic rings. The Morgan fingerprint density at radius 1 is 0.829 bits per heavy atom. The number of amides is 3. The van der Waals surface area contributed by atoms with E-state index in [9.17, 15) is 14.4 Å². The number of nitrogens with one attached hydrogen (secondary N) is 3. The average molecular weight is 475 g/mol. The second-order valence-corrected chi connectivity index (χ2v) is 7.24. The summed E-state index contributed by atoms with van der Waals surface area (Å²) >= 11 is 0. The minimum absolute atomic E-state index is 0.212. The molecule has 3 aromatic rings. The van der Waals surface area contributed by atoms with E-state index in [0.29, 0.717) is 22.7 Å². The smallest absolute Gasteiger partial charge is 0.329 e. The lowest BCUT2D eigenvalue weighted by atomic mass is 10.1. The van der Waals surface area contributed by atoms with Crippen molar-refractivity contribution in [3.8, 4) is 11.5 Å². The molecule has 0 bridgehead atoms. The molecule has 0 fully saturated rings. The SMILES string of the molecule is CCc1ccccc1NC(=O)COc1ccccc1/C=N\NC(=O)C(=O)Nc1ccccc1OC. The lowest BCUT2D eigenvalue weighted by Crippen LogP contribution is -2.32. The van der Waals surface area contributed by atoms with Crippen molar-refractivity contribution in [3.05, 3.63) is 83.9 Å². The molecular weight excluding hydrogens is 448 g/mol.